The monoisotopic (exact) mass is 404 g/mol. The minimum atomic E-state index is -0.540. The van der Waals surface area contributed by atoms with Crippen molar-refractivity contribution in [1.82, 2.24) is 19.8 Å². The van der Waals surface area contributed by atoms with Crippen LogP contribution in [-0.4, -0.2) is 46.1 Å². The van der Waals surface area contributed by atoms with Gasteiger partial charge in [0.05, 0.1) is 23.6 Å². The second-order valence-corrected chi connectivity index (χ2v) is 6.38. The van der Waals surface area contributed by atoms with Gasteiger partial charge in [-0.25, -0.2) is 9.31 Å². The third-order valence-corrected chi connectivity index (χ3v) is 4.32. The lowest BCUT2D eigenvalue weighted by Crippen LogP contribution is -2.16. The largest absolute Gasteiger partial charge is 0.458 e. The smallest absolute Gasteiger partial charge is 0.360 e. The first-order valence-electron chi connectivity index (χ1n) is 7.67. The number of rotatable bonds is 5. The van der Waals surface area contributed by atoms with Crippen LogP contribution in [0.1, 0.15) is 21.9 Å². The molecule has 0 atom stereocenters. The average molecular weight is 405 g/mol. The lowest BCUT2D eigenvalue weighted by atomic mass is 10.1. The molecular formula is C17H17BrN4O3. The number of halogens is 1. The van der Waals surface area contributed by atoms with Crippen LogP contribution < -0.4 is 0 Å². The topological polar surface area (TPSA) is 78.6 Å². The van der Waals surface area contributed by atoms with Gasteiger partial charge in [-0.15, -0.1) is 10.2 Å². The van der Waals surface area contributed by atoms with Gasteiger partial charge in [-0.1, -0.05) is 28.1 Å². The van der Waals surface area contributed by atoms with E-state index >= 15 is 0 Å². The molecule has 3 rings (SSSR count). The normalized spacial score (nSPS) is 11.0. The van der Waals surface area contributed by atoms with Gasteiger partial charge >= 0.3 is 5.97 Å². The highest BCUT2D eigenvalue weighted by Crippen LogP contribution is 2.28. The Balaban J connectivity index is 2.03. The van der Waals surface area contributed by atoms with Crippen LogP contribution in [0.15, 0.2) is 28.7 Å². The summed E-state index contributed by atoms with van der Waals surface area (Å²) in [7, 11) is 1.54. The number of aryl methyl sites for hydroxylation is 2. The fraction of sp³-hybridized carbons (Fsp3) is 0.294. The molecule has 0 saturated heterocycles. The van der Waals surface area contributed by atoms with Crippen molar-refractivity contribution < 1.29 is 14.3 Å². The number of nitrogens with zero attached hydrogens (tertiary/aromatic N) is 4. The number of aromatic nitrogens is 4. The van der Waals surface area contributed by atoms with Gasteiger partial charge in [0.2, 0.25) is 0 Å². The molecule has 2 aromatic heterocycles. The van der Waals surface area contributed by atoms with E-state index in [1.54, 1.807) is 18.5 Å². The number of hydrogen-bond donors (Lipinski definition) is 0. The molecular weight excluding hydrogens is 388 g/mol. The SMILES string of the molecule is COCCOC(=O)c1nnc2c(-c3ccc(Br)cc3)c(C)nn2c1C. The van der Waals surface area contributed by atoms with Crippen LogP contribution in [0, 0.1) is 13.8 Å². The Morgan fingerprint density at radius 2 is 1.88 bits per heavy atom. The molecule has 130 valence electrons. The van der Waals surface area contributed by atoms with Gasteiger partial charge in [-0.05, 0) is 31.5 Å². The van der Waals surface area contributed by atoms with Crippen LogP contribution in [0.25, 0.3) is 16.8 Å². The highest BCUT2D eigenvalue weighted by molar-refractivity contribution is 9.10. The van der Waals surface area contributed by atoms with Gasteiger partial charge < -0.3 is 9.47 Å². The fourth-order valence-corrected chi connectivity index (χ4v) is 2.80. The number of methoxy groups -OCH3 is 1. The summed E-state index contributed by atoms with van der Waals surface area (Å²) in [6.07, 6.45) is 0. The van der Waals surface area contributed by atoms with Crippen LogP contribution in [0.5, 0.6) is 0 Å². The zero-order chi connectivity index (χ0) is 18.0. The molecule has 0 aliphatic heterocycles. The third-order valence-electron chi connectivity index (χ3n) is 3.79. The lowest BCUT2D eigenvalue weighted by molar-refractivity contribution is 0.0378. The van der Waals surface area contributed by atoms with Gasteiger partial charge in [0.15, 0.2) is 11.3 Å². The number of ether oxygens (including phenoxy) is 2. The Morgan fingerprint density at radius 1 is 1.16 bits per heavy atom. The molecule has 0 aliphatic carbocycles. The van der Waals surface area contributed by atoms with Crippen molar-refractivity contribution in [2.75, 3.05) is 20.3 Å². The van der Waals surface area contributed by atoms with E-state index in [0.29, 0.717) is 17.9 Å². The summed E-state index contributed by atoms with van der Waals surface area (Å²) >= 11 is 3.43. The summed E-state index contributed by atoms with van der Waals surface area (Å²) in [4.78, 5) is 12.2. The number of benzene rings is 1. The summed E-state index contributed by atoms with van der Waals surface area (Å²) in [5, 5.41) is 12.8. The number of esters is 1. The molecule has 0 bridgehead atoms. The molecule has 2 heterocycles. The van der Waals surface area contributed by atoms with Crippen molar-refractivity contribution in [2.45, 2.75) is 13.8 Å². The molecule has 0 radical (unpaired) electrons. The van der Waals surface area contributed by atoms with Crippen LogP contribution >= 0.6 is 15.9 Å². The Hall–Kier alpha value is -2.32. The predicted molar refractivity (Wildman–Crippen MR) is 95.6 cm³/mol. The maximum atomic E-state index is 12.2. The van der Waals surface area contributed by atoms with Crippen molar-refractivity contribution in [3.63, 3.8) is 0 Å². The maximum Gasteiger partial charge on any atom is 0.360 e. The van der Waals surface area contributed by atoms with Gasteiger partial charge in [0, 0.05) is 11.6 Å². The second kappa shape index (κ2) is 7.28. The summed E-state index contributed by atoms with van der Waals surface area (Å²) in [6, 6.07) is 7.89. The first kappa shape index (κ1) is 17.5. The molecule has 0 unspecified atom stereocenters. The molecule has 7 nitrogen and oxygen atoms in total. The molecule has 3 aromatic rings. The first-order chi connectivity index (χ1) is 12.0. The molecule has 0 fully saturated rings. The summed E-state index contributed by atoms with van der Waals surface area (Å²) in [5.41, 5.74) is 4.02. The van der Waals surface area contributed by atoms with E-state index in [0.717, 1.165) is 21.3 Å². The van der Waals surface area contributed by atoms with Crippen molar-refractivity contribution >= 4 is 27.5 Å². The third kappa shape index (κ3) is 3.40. The van der Waals surface area contributed by atoms with Crippen LogP contribution in [0.2, 0.25) is 0 Å². The quantitative estimate of drug-likeness (QED) is 0.480. The number of carbonyl (C=O) groups excluding carboxylic acids is 1. The van der Waals surface area contributed by atoms with E-state index in [9.17, 15) is 4.79 Å². The molecule has 0 N–H and O–H groups in total. The molecule has 8 heteroatoms. The van der Waals surface area contributed by atoms with E-state index in [-0.39, 0.29) is 12.3 Å². The van der Waals surface area contributed by atoms with Crippen molar-refractivity contribution in [2.24, 2.45) is 0 Å². The van der Waals surface area contributed by atoms with Crippen molar-refractivity contribution in [1.29, 1.82) is 0 Å². The second-order valence-electron chi connectivity index (χ2n) is 5.47. The van der Waals surface area contributed by atoms with Crippen LogP contribution in [0.4, 0.5) is 0 Å². The van der Waals surface area contributed by atoms with Crippen LogP contribution in [0.3, 0.4) is 0 Å². The Kier molecular flexibility index (Phi) is 5.10. The van der Waals surface area contributed by atoms with E-state index in [1.165, 1.54) is 0 Å². The summed E-state index contributed by atoms with van der Waals surface area (Å²) in [5.74, 6) is -0.540. The zero-order valence-electron chi connectivity index (χ0n) is 14.1. The highest BCUT2D eigenvalue weighted by Gasteiger charge is 2.21. The van der Waals surface area contributed by atoms with Crippen LogP contribution in [-0.2, 0) is 9.47 Å². The fourth-order valence-electron chi connectivity index (χ4n) is 2.54. The first-order valence-corrected chi connectivity index (χ1v) is 8.47. The minimum Gasteiger partial charge on any atom is -0.458 e. The van der Waals surface area contributed by atoms with Gasteiger partial charge in [0.25, 0.3) is 0 Å². The van der Waals surface area contributed by atoms with Gasteiger partial charge in [0.1, 0.15) is 6.61 Å². The minimum absolute atomic E-state index is 0.147. The molecule has 1 aromatic carbocycles. The van der Waals surface area contributed by atoms with E-state index in [1.807, 2.05) is 31.2 Å². The van der Waals surface area contributed by atoms with Gasteiger partial charge in [-0.2, -0.15) is 5.10 Å². The molecule has 25 heavy (non-hydrogen) atoms. The number of carbonyl (C=O) groups is 1. The Morgan fingerprint density at radius 3 is 2.56 bits per heavy atom. The lowest BCUT2D eigenvalue weighted by Gasteiger charge is -2.07. The Labute approximate surface area is 153 Å². The highest BCUT2D eigenvalue weighted by atomic mass is 79.9. The molecule has 0 amide bonds. The summed E-state index contributed by atoms with van der Waals surface area (Å²) < 4.78 is 12.6. The maximum absolute atomic E-state index is 12.2. The van der Waals surface area contributed by atoms with E-state index < -0.39 is 5.97 Å². The molecule has 0 spiro atoms. The Bertz CT molecular complexity index is 922. The number of hydrogen-bond acceptors (Lipinski definition) is 6. The predicted octanol–water partition coefficient (Wildman–Crippen LogP) is 2.97. The standard InChI is InChI=1S/C17H17BrN4O3/c1-10-14(12-4-6-13(18)7-5-12)16-20-19-15(11(2)22(16)21-10)17(23)25-9-8-24-3/h4-7H,8-9H2,1-3H3. The van der Waals surface area contributed by atoms with E-state index in [4.69, 9.17) is 9.47 Å². The number of fused-ring (bicyclic) bond motifs is 1. The van der Waals surface area contributed by atoms with Gasteiger partial charge in [-0.3, -0.25) is 0 Å². The van der Waals surface area contributed by atoms with Crippen molar-refractivity contribution in [3.8, 4) is 11.1 Å². The van der Waals surface area contributed by atoms with Crippen molar-refractivity contribution in [3.05, 3.63) is 45.8 Å². The molecule has 0 saturated carbocycles. The van der Waals surface area contributed by atoms with E-state index in [2.05, 4.69) is 31.2 Å². The molecule has 0 aliphatic rings. The average Bonchev–Trinajstić information content (AvgIpc) is 2.93. The summed E-state index contributed by atoms with van der Waals surface area (Å²) in [6.45, 7) is 4.17. The zero-order valence-corrected chi connectivity index (χ0v) is 15.7.